The summed E-state index contributed by atoms with van der Waals surface area (Å²) in [6, 6.07) is 14.6. The van der Waals surface area contributed by atoms with E-state index in [0.29, 0.717) is 23.8 Å². The highest BCUT2D eigenvalue weighted by Gasteiger charge is 2.25. The van der Waals surface area contributed by atoms with Crippen LogP contribution < -0.4 is 9.46 Å². The molecule has 6 nitrogen and oxygen atoms in total. The number of ether oxygens (including phenoxy) is 2. The summed E-state index contributed by atoms with van der Waals surface area (Å²) < 4.78 is 38.9. The van der Waals surface area contributed by atoms with E-state index < -0.39 is 10.0 Å². The first-order valence-electron chi connectivity index (χ1n) is 9.15. The van der Waals surface area contributed by atoms with Crippen molar-refractivity contribution in [2.75, 3.05) is 40.0 Å². The molecular formula is C20H25ClN2O4S. The number of nitrogens with zero attached hydrogens (tertiary/aromatic N) is 1. The summed E-state index contributed by atoms with van der Waals surface area (Å²) in [4.78, 5) is 2.23. The van der Waals surface area contributed by atoms with Gasteiger partial charge in [-0.2, -0.15) is 0 Å². The predicted molar refractivity (Wildman–Crippen MR) is 110 cm³/mol. The molecule has 1 saturated heterocycles. The first-order valence-corrected chi connectivity index (χ1v) is 11.2. The van der Waals surface area contributed by atoms with E-state index in [9.17, 15) is 8.42 Å². The van der Waals surface area contributed by atoms with E-state index in [1.807, 2.05) is 24.3 Å². The van der Waals surface area contributed by atoms with Crippen LogP contribution in [0.3, 0.4) is 0 Å². The highest BCUT2D eigenvalue weighted by atomic mass is 35.5. The zero-order valence-electron chi connectivity index (χ0n) is 15.8. The second-order valence-corrected chi connectivity index (χ2v) is 8.85. The Balaban J connectivity index is 1.76. The smallest absolute Gasteiger partial charge is 0.215 e. The second kappa shape index (κ2) is 9.71. The number of halogens is 1. The quantitative estimate of drug-likeness (QED) is 0.705. The molecule has 3 rings (SSSR count). The normalized spacial score (nSPS) is 16.6. The highest BCUT2D eigenvalue weighted by Crippen LogP contribution is 2.25. The molecule has 0 aliphatic carbocycles. The van der Waals surface area contributed by atoms with Crippen molar-refractivity contribution < 1.29 is 17.9 Å². The third-order valence-corrected chi connectivity index (χ3v) is 6.43. The van der Waals surface area contributed by atoms with Gasteiger partial charge in [-0.1, -0.05) is 41.9 Å². The monoisotopic (exact) mass is 424 g/mol. The van der Waals surface area contributed by atoms with Crippen molar-refractivity contribution in [3.63, 3.8) is 0 Å². The van der Waals surface area contributed by atoms with Crippen molar-refractivity contribution in [2.45, 2.75) is 11.8 Å². The summed E-state index contributed by atoms with van der Waals surface area (Å²) in [6.45, 7) is 3.02. The van der Waals surface area contributed by atoms with Gasteiger partial charge in [0.2, 0.25) is 10.0 Å². The number of nitrogens with one attached hydrogen (secondary N) is 1. The largest absolute Gasteiger partial charge is 0.497 e. The Labute approximate surface area is 171 Å². The van der Waals surface area contributed by atoms with E-state index in [0.717, 1.165) is 24.4 Å². The molecule has 8 heteroatoms. The summed E-state index contributed by atoms with van der Waals surface area (Å²) in [5.74, 6) is 0.593. The van der Waals surface area contributed by atoms with Crippen LogP contribution in [0.15, 0.2) is 48.5 Å². The molecule has 1 fully saturated rings. The van der Waals surface area contributed by atoms with Gasteiger partial charge in [-0.15, -0.1) is 0 Å². The Morgan fingerprint density at radius 3 is 2.64 bits per heavy atom. The van der Waals surface area contributed by atoms with Crippen molar-refractivity contribution in [1.29, 1.82) is 0 Å². The Hall–Kier alpha value is -1.64. The Morgan fingerprint density at radius 1 is 1.18 bits per heavy atom. The first kappa shape index (κ1) is 21.1. The number of benzene rings is 2. The number of hydrogen-bond acceptors (Lipinski definition) is 5. The lowest BCUT2D eigenvalue weighted by molar-refractivity contribution is 0.0171. The number of morpholine rings is 1. The Bertz CT molecular complexity index is 885. The second-order valence-electron chi connectivity index (χ2n) is 6.64. The summed E-state index contributed by atoms with van der Waals surface area (Å²) in [7, 11) is -1.92. The standard InChI is InChI=1S/C20H25ClN2O4S/c1-26-18-7-4-6-16(13-18)20(23-9-11-27-12-10-23)14-22-28(24,25)15-17-5-2-3-8-19(17)21/h2-8,13,20,22H,9-12,14-15H2,1H3/t20-/m1/s1. The predicted octanol–water partition coefficient (Wildman–Crippen LogP) is 2.84. The van der Waals surface area contributed by atoms with E-state index in [1.54, 1.807) is 31.4 Å². The molecule has 0 radical (unpaired) electrons. The molecule has 1 aliphatic rings. The number of sulfonamides is 1. The van der Waals surface area contributed by atoms with Gasteiger partial charge in [0.05, 0.1) is 26.1 Å². The average molecular weight is 425 g/mol. The summed E-state index contributed by atoms with van der Waals surface area (Å²) in [6.07, 6.45) is 0. The maximum absolute atomic E-state index is 12.7. The van der Waals surface area contributed by atoms with Crippen molar-refractivity contribution in [3.05, 3.63) is 64.7 Å². The molecule has 2 aromatic rings. The Morgan fingerprint density at radius 2 is 1.93 bits per heavy atom. The van der Waals surface area contributed by atoms with Crippen LogP contribution in [0.4, 0.5) is 0 Å². The van der Waals surface area contributed by atoms with Crippen LogP contribution in [0.2, 0.25) is 5.02 Å². The van der Waals surface area contributed by atoms with Gasteiger partial charge in [-0.05, 0) is 29.3 Å². The third kappa shape index (κ3) is 5.68. The van der Waals surface area contributed by atoms with Crippen molar-refractivity contribution in [2.24, 2.45) is 0 Å². The first-order chi connectivity index (χ1) is 13.5. The molecule has 152 valence electrons. The molecule has 28 heavy (non-hydrogen) atoms. The molecule has 1 atom stereocenters. The molecule has 0 bridgehead atoms. The van der Waals surface area contributed by atoms with Gasteiger partial charge in [0, 0.05) is 30.7 Å². The molecule has 0 saturated carbocycles. The lowest BCUT2D eigenvalue weighted by atomic mass is 10.0. The van der Waals surface area contributed by atoms with E-state index in [-0.39, 0.29) is 18.3 Å². The molecular weight excluding hydrogens is 400 g/mol. The minimum Gasteiger partial charge on any atom is -0.497 e. The SMILES string of the molecule is COc1cccc([C@@H](CNS(=O)(=O)Cc2ccccc2Cl)N2CCOCC2)c1. The Kier molecular flexibility index (Phi) is 7.31. The van der Waals surface area contributed by atoms with Crippen LogP contribution in [-0.2, 0) is 20.5 Å². The molecule has 1 aliphatic heterocycles. The van der Waals surface area contributed by atoms with Gasteiger partial charge >= 0.3 is 0 Å². The van der Waals surface area contributed by atoms with Crippen molar-refractivity contribution >= 4 is 21.6 Å². The molecule has 1 N–H and O–H groups in total. The maximum atomic E-state index is 12.7. The molecule has 0 amide bonds. The minimum absolute atomic E-state index is 0.111. The lowest BCUT2D eigenvalue weighted by Crippen LogP contribution is -2.44. The minimum atomic E-state index is -3.54. The van der Waals surface area contributed by atoms with Gasteiger partial charge in [0.1, 0.15) is 5.75 Å². The van der Waals surface area contributed by atoms with Crippen LogP contribution in [0.25, 0.3) is 0 Å². The molecule has 0 unspecified atom stereocenters. The van der Waals surface area contributed by atoms with E-state index in [4.69, 9.17) is 21.1 Å². The number of hydrogen-bond donors (Lipinski definition) is 1. The molecule has 2 aromatic carbocycles. The van der Waals surface area contributed by atoms with Gasteiger partial charge in [0.25, 0.3) is 0 Å². The van der Waals surface area contributed by atoms with Crippen LogP contribution in [-0.4, -0.2) is 53.3 Å². The van der Waals surface area contributed by atoms with Crippen LogP contribution >= 0.6 is 11.6 Å². The zero-order chi connectivity index (χ0) is 20.0. The highest BCUT2D eigenvalue weighted by molar-refractivity contribution is 7.88. The fraction of sp³-hybridized carbons (Fsp3) is 0.400. The topological polar surface area (TPSA) is 67.9 Å². The average Bonchev–Trinajstić information content (AvgIpc) is 2.71. The van der Waals surface area contributed by atoms with Crippen LogP contribution in [0, 0.1) is 0 Å². The van der Waals surface area contributed by atoms with Crippen LogP contribution in [0.5, 0.6) is 5.75 Å². The summed E-state index contributed by atoms with van der Waals surface area (Å²) in [5.41, 5.74) is 1.59. The van der Waals surface area contributed by atoms with Crippen LogP contribution in [0.1, 0.15) is 17.2 Å². The molecule has 0 spiro atoms. The van der Waals surface area contributed by atoms with Gasteiger partial charge in [0.15, 0.2) is 0 Å². The zero-order valence-corrected chi connectivity index (χ0v) is 17.4. The van der Waals surface area contributed by atoms with Gasteiger partial charge in [-0.25, -0.2) is 13.1 Å². The van der Waals surface area contributed by atoms with Crippen molar-refractivity contribution in [1.82, 2.24) is 9.62 Å². The fourth-order valence-corrected chi connectivity index (χ4v) is 4.73. The summed E-state index contributed by atoms with van der Waals surface area (Å²) >= 11 is 6.12. The maximum Gasteiger partial charge on any atom is 0.215 e. The number of methoxy groups -OCH3 is 1. The molecule has 0 aromatic heterocycles. The number of rotatable bonds is 8. The third-order valence-electron chi connectivity index (χ3n) is 4.76. The van der Waals surface area contributed by atoms with E-state index >= 15 is 0 Å². The van der Waals surface area contributed by atoms with E-state index in [2.05, 4.69) is 9.62 Å². The van der Waals surface area contributed by atoms with Crippen molar-refractivity contribution in [3.8, 4) is 5.75 Å². The van der Waals surface area contributed by atoms with E-state index in [1.165, 1.54) is 0 Å². The summed E-state index contributed by atoms with van der Waals surface area (Å²) in [5, 5.41) is 0.449. The molecule has 1 heterocycles. The fourth-order valence-electron chi connectivity index (χ4n) is 3.27. The van der Waals surface area contributed by atoms with Gasteiger partial charge < -0.3 is 9.47 Å². The van der Waals surface area contributed by atoms with Gasteiger partial charge in [-0.3, -0.25) is 4.90 Å². The lowest BCUT2D eigenvalue weighted by Gasteiger charge is -2.35.